The first kappa shape index (κ1) is 13.1. The van der Waals surface area contributed by atoms with E-state index >= 15 is 0 Å². The molecule has 2 heterocycles. The molecule has 0 saturated heterocycles. The number of nitrogens with one attached hydrogen (secondary N) is 1. The van der Waals surface area contributed by atoms with Gasteiger partial charge in [0.2, 0.25) is 0 Å². The van der Waals surface area contributed by atoms with Gasteiger partial charge in [0.15, 0.2) is 0 Å². The van der Waals surface area contributed by atoms with Gasteiger partial charge in [0, 0.05) is 18.4 Å². The van der Waals surface area contributed by atoms with Gasteiger partial charge in [-0.15, -0.1) is 0 Å². The van der Waals surface area contributed by atoms with Crippen LogP contribution < -0.4 is 5.32 Å². The largest absolute Gasteiger partial charge is 0.478 e. The van der Waals surface area contributed by atoms with Gasteiger partial charge in [-0.2, -0.15) is 5.10 Å². The summed E-state index contributed by atoms with van der Waals surface area (Å²) in [6.45, 7) is 5.02. The van der Waals surface area contributed by atoms with Crippen LogP contribution in [0.1, 0.15) is 21.6 Å². The van der Waals surface area contributed by atoms with Crippen molar-refractivity contribution in [3.63, 3.8) is 0 Å². The highest BCUT2D eigenvalue weighted by Gasteiger charge is 2.10. The maximum absolute atomic E-state index is 11.1. The van der Waals surface area contributed by atoms with Gasteiger partial charge in [0.05, 0.1) is 12.7 Å². The van der Waals surface area contributed by atoms with Crippen molar-refractivity contribution in [2.24, 2.45) is 0 Å². The zero-order valence-corrected chi connectivity index (χ0v) is 10.9. The third kappa shape index (κ3) is 3.31. The van der Waals surface area contributed by atoms with Crippen LogP contribution in [0, 0.1) is 13.8 Å². The highest BCUT2D eigenvalue weighted by atomic mass is 16.4. The van der Waals surface area contributed by atoms with Crippen LogP contribution in [-0.2, 0) is 6.54 Å². The number of aromatic nitrogens is 3. The molecule has 2 aromatic heterocycles. The monoisotopic (exact) mass is 260 g/mol. The normalized spacial score (nSPS) is 10.4. The minimum absolute atomic E-state index is 0.183. The summed E-state index contributed by atoms with van der Waals surface area (Å²) >= 11 is 0. The Balaban J connectivity index is 2.02. The number of nitrogens with zero attached hydrogens (tertiary/aromatic N) is 3. The fourth-order valence-electron chi connectivity index (χ4n) is 1.74. The summed E-state index contributed by atoms with van der Waals surface area (Å²) in [7, 11) is 0. The van der Waals surface area contributed by atoms with E-state index < -0.39 is 5.97 Å². The molecule has 2 rings (SSSR count). The molecule has 6 heteroatoms. The second-order valence-electron chi connectivity index (χ2n) is 4.36. The van der Waals surface area contributed by atoms with E-state index in [1.54, 1.807) is 23.0 Å². The number of carboxylic acid groups (broad SMARTS) is 1. The molecule has 2 aromatic rings. The minimum atomic E-state index is -0.982. The average Bonchev–Trinajstić information content (AvgIpc) is 2.75. The topological polar surface area (TPSA) is 80.0 Å². The van der Waals surface area contributed by atoms with Crippen LogP contribution in [-0.4, -0.2) is 32.4 Å². The summed E-state index contributed by atoms with van der Waals surface area (Å²) in [4.78, 5) is 15.3. The van der Waals surface area contributed by atoms with Crippen LogP contribution >= 0.6 is 0 Å². The van der Waals surface area contributed by atoms with Crippen LogP contribution in [0.5, 0.6) is 0 Å². The van der Waals surface area contributed by atoms with Gasteiger partial charge in [-0.1, -0.05) is 0 Å². The lowest BCUT2D eigenvalue weighted by molar-refractivity contribution is 0.0697. The third-order valence-electron chi connectivity index (χ3n) is 2.66. The molecule has 0 atom stereocenters. The Morgan fingerprint density at radius 2 is 2.21 bits per heavy atom. The molecule has 0 amide bonds. The van der Waals surface area contributed by atoms with E-state index in [0.717, 1.165) is 11.3 Å². The van der Waals surface area contributed by atoms with Gasteiger partial charge >= 0.3 is 5.97 Å². The number of aryl methyl sites for hydroxylation is 2. The van der Waals surface area contributed by atoms with Crippen LogP contribution in [0.25, 0.3) is 0 Å². The molecule has 100 valence electrons. The summed E-state index contributed by atoms with van der Waals surface area (Å²) in [5.41, 5.74) is 2.06. The van der Waals surface area contributed by atoms with E-state index in [4.69, 9.17) is 5.11 Å². The smallest absolute Gasteiger partial charge is 0.339 e. The van der Waals surface area contributed by atoms with Gasteiger partial charge in [0.25, 0.3) is 0 Å². The molecular weight excluding hydrogens is 244 g/mol. The Labute approximate surface area is 111 Å². The molecule has 0 aliphatic heterocycles. The summed E-state index contributed by atoms with van der Waals surface area (Å²) in [6, 6.07) is 3.25. The molecule has 6 nitrogen and oxygen atoms in total. The first-order chi connectivity index (χ1) is 9.06. The number of pyridine rings is 1. The number of hydrogen-bond donors (Lipinski definition) is 2. The summed E-state index contributed by atoms with van der Waals surface area (Å²) in [5.74, 6) is -0.582. The number of anilines is 1. The Hall–Kier alpha value is -2.37. The highest BCUT2D eigenvalue weighted by molar-refractivity contribution is 5.93. The summed E-state index contributed by atoms with van der Waals surface area (Å²) < 4.78 is 1.80. The molecule has 0 unspecified atom stereocenters. The zero-order chi connectivity index (χ0) is 13.8. The predicted molar refractivity (Wildman–Crippen MR) is 71.4 cm³/mol. The fraction of sp³-hybridized carbons (Fsp3) is 0.308. The SMILES string of the molecule is Cc1cnn(CCNc2nc(C)ccc2C(=O)O)c1. The van der Waals surface area contributed by atoms with Gasteiger partial charge in [-0.05, 0) is 31.5 Å². The maximum atomic E-state index is 11.1. The van der Waals surface area contributed by atoms with E-state index in [2.05, 4.69) is 15.4 Å². The maximum Gasteiger partial charge on any atom is 0.339 e. The van der Waals surface area contributed by atoms with Gasteiger partial charge in [0.1, 0.15) is 11.4 Å². The number of hydrogen-bond acceptors (Lipinski definition) is 4. The second-order valence-corrected chi connectivity index (χ2v) is 4.36. The number of aromatic carboxylic acids is 1. The number of carbonyl (C=O) groups is 1. The third-order valence-corrected chi connectivity index (χ3v) is 2.66. The van der Waals surface area contributed by atoms with Crippen molar-refractivity contribution in [2.45, 2.75) is 20.4 Å². The predicted octanol–water partition coefficient (Wildman–Crippen LogP) is 1.71. The van der Waals surface area contributed by atoms with Crippen molar-refractivity contribution in [2.75, 3.05) is 11.9 Å². The lowest BCUT2D eigenvalue weighted by Crippen LogP contribution is -2.14. The van der Waals surface area contributed by atoms with Gasteiger partial charge < -0.3 is 10.4 Å². The van der Waals surface area contributed by atoms with Gasteiger partial charge in [-0.25, -0.2) is 9.78 Å². The standard InChI is InChI=1S/C13H16N4O2/c1-9-7-15-17(8-9)6-5-14-12-11(13(18)19)4-3-10(2)16-12/h3-4,7-8H,5-6H2,1-2H3,(H,14,16)(H,18,19). The molecule has 0 aliphatic rings. The van der Waals surface area contributed by atoms with Crippen LogP contribution in [0.4, 0.5) is 5.82 Å². The van der Waals surface area contributed by atoms with E-state index in [1.807, 2.05) is 20.0 Å². The van der Waals surface area contributed by atoms with Gasteiger partial charge in [-0.3, -0.25) is 4.68 Å². The Morgan fingerprint density at radius 3 is 2.84 bits per heavy atom. The van der Waals surface area contributed by atoms with Crippen molar-refractivity contribution in [3.8, 4) is 0 Å². The first-order valence-electron chi connectivity index (χ1n) is 6.00. The van der Waals surface area contributed by atoms with E-state index in [9.17, 15) is 4.79 Å². The molecule has 0 saturated carbocycles. The quantitative estimate of drug-likeness (QED) is 0.855. The van der Waals surface area contributed by atoms with Crippen molar-refractivity contribution < 1.29 is 9.90 Å². The summed E-state index contributed by atoms with van der Waals surface area (Å²) in [5, 5.41) is 16.3. The lowest BCUT2D eigenvalue weighted by atomic mass is 10.2. The van der Waals surface area contributed by atoms with E-state index in [1.165, 1.54) is 0 Å². The molecule has 2 N–H and O–H groups in total. The number of carboxylic acids is 1. The van der Waals surface area contributed by atoms with Crippen LogP contribution in [0.3, 0.4) is 0 Å². The second kappa shape index (κ2) is 5.51. The Bertz CT molecular complexity index is 592. The van der Waals surface area contributed by atoms with Crippen LogP contribution in [0.2, 0.25) is 0 Å². The first-order valence-corrected chi connectivity index (χ1v) is 6.00. The average molecular weight is 260 g/mol. The molecular formula is C13H16N4O2. The van der Waals surface area contributed by atoms with E-state index in [-0.39, 0.29) is 5.56 Å². The van der Waals surface area contributed by atoms with Crippen molar-refractivity contribution >= 4 is 11.8 Å². The minimum Gasteiger partial charge on any atom is -0.478 e. The van der Waals surface area contributed by atoms with E-state index in [0.29, 0.717) is 18.9 Å². The molecule has 0 bridgehead atoms. The van der Waals surface area contributed by atoms with Crippen molar-refractivity contribution in [1.29, 1.82) is 0 Å². The Morgan fingerprint density at radius 1 is 1.42 bits per heavy atom. The molecule has 0 spiro atoms. The fourth-order valence-corrected chi connectivity index (χ4v) is 1.74. The highest BCUT2D eigenvalue weighted by Crippen LogP contribution is 2.13. The molecule has 19 heavy (non-hydrogen) atoms. The molecule has 0 fully saturated rings. The number of rotatable bonds is 5. The summed E-state index contributed by atoms with van der Waals surface area (Å²) in [6.07, 6.45) is 3.72. The lowest BCUT2D eigenvalue weighted by Gasteiger charge is -2.09. The molecule has 0 aromatic carbocycles. The molecule has 0 aliphatic carbocycles. The Kier molecular flexibility index (Phi) is 3.79. The van der Waals surface area contributed by atoms with Crippen molar-refractivity contribution in [3.05, 3.63) is 41.3 Å². The van der Waals surface area contributed by atoms with Crippen molar-refractivity contribution in [1.82, 2.24) is 14.8 Å². The molecule has 0 radical (unpaired) electrons. The zero-order valence-electron chi connectivity index (χ0n) is 10.9. The van der Waals surface area contributed by atoms with Crippen LogP contribution in [0.15, 0.2) is 24.5 Å².